The second kappa shape index (κ2) is 4.16. The maximum atomic E-state index is 6.17. The Morgan fingerprint density at radius 1 is 1.24 bits per heavy atom. The Kier molecular flexibility index (Phi) is 2.77. The van der Waals surface area contributed by atoms with Gasteiger partial charge in [-0.1, -0.05) is 29.3 Å². The van der Waals surface area contributed by atoms with Crippen molar-refractivity contribution in [2.75, 3.05) is 5.73 Å². The highest BCUT2D eigenvalue weighted by molar-refractivity contribution is 7.16. The molecule has 1 saturated carbocycles. The van der Waals surface area contributed by atoms with E-state index < -0.39 is 0 Å². The van der Waals surface area contributed by atoms with E-state index in [-0.39, 0.29) is 0 Å². The van der Waals surface area contributed by atoms with E-state index in [0.29, 0.717) is 21.0 Å². The number of rotatable bonds is 2. The summed E-state index contributed by atoms with van der Waals surface area (Å²) in [5, 5.41) is 2.99. The van der Waals surface area contributed by atoms with Crippen molar-refractivity contribution in [2.45, 2.75) is 18.8 Å². The molecule has 0 saturated heterocycles. The van der Waals surface area contributed by atoms with Crippen LogP contribution in [0, 0.1) is 0 Å². The van der Waals surface area contributed by atoms with Crippen LogP contribution in [0.3, 0.4) is 0 Å². The average molecular weight is 285 g/mol. The standard InChI is InChI=1S/C12H10Cl2N2S/c13-7-2-1-3-8(14)9(7)10-11(15)17-12(16-10)6-4-5-6/h1-3,6H,4-5,15H2. The van der Waals surface area contributed by atoms with E-state index in [1.807, 2.05) is 6.07 Å². The maximum Gasteiger partial charge on any atom is 0.114 e. The van der Waals surface area contributed by atoms with Gasteiger partial charge in [-0.2, -0.15) is 0 Å². The van der Waals surface area contributed by atoms with Crippen molar-refractivity contribution in [3.63, 3.8) is 0 Å². The van der Waals surface area contributed by atoms with E-state index >= 15 is 0 Å². The van der Waals surface area contributed by atoms with Crippen LogP contribution >= 0.6 is 34.5 Å². The third-order valence-corrected chi connectivity index (χ3v) is 4.47. The number of hydrogen-bond donors (Lipinski definition) is 1. The zero-order chi connectivity index (χ0) is 12.0. The van der Waals surface area contributed by atoms with E-state index in [9.17, 15) is 0 Å². The molecule has 1 heterocycles. The SMILES string of the molecule is Nc1sc(C2CC2)nc1-c1c(Cl)cccc1Cl. The number of hydrogen-bond acceptors (Lipinski definition) is 3. The minimum atomic E-state index is 0.594. The van der Waals surface area contributed by atoms with Gasteiger partial charge in [0.2, 0.25) is 0 Å². The molecule has 0 amide bonds. The van der Waals surface area contributed by atoms with Gasteiger partial charge in [0, 0.05) is 11.5 Å². The Labute approximate surface area is 113 Å². The fourth-order valence-corrected chi connectivity index (χ4v) is 3.34. The van der Waals surface area contributed by atoms with Gasteiger partial charge < -0.3 is 5.73 Å². The molecule has 3 rings (SSSR count). The average Bonchev–Trinajstić information content (AvgIpc) is 3.05. The van der Waals surface area contributed by atoms with Crippen LogP contribution < -0.4 is 5.73 Å². The van der Waals surface area contributed by atoms with Crippen molar-refractivity contribution in [3.8, 4) is 11.3 Å². The minimum absolute atomic E-state index is 0.594. The predicted octanol–water partition coefficient (Wildman–Crippen LogP) is 4.58. The zero-order valence-corrected chi connectivity index (χ0v) is 11.2. The maximum absolute atomic E-state index is 6.17. The highest BCUT2D eigenvalue weighted by Gasteiger charge is 2.28. The summed E-state index contributed by atoms with van der Waals surface area (Å²) in [6.07, 6.45) is 2.42. The van der Waals surface area contributed by atoms with Crippen molar-refractivity contribution >= 4 is 39.5 Å². The molecule has 1 aromatic heterocycles. The summed E-state index contributed by atoms with van der Waals surface area (Å²) in [6, 6.07) is 5.43. The Hall–Kier alpha value is -0.770. The van der Waals surface area contributed by atoms with Crippen LogP contribution in [0.4, 0.5) is 5.00 Å². The summed E-state index contributed by atoms with van der Waals surface area (Å²) in [5.41, 5.74) is 7.49. The van der Waals surface area contributed by atoms with Crippen LogP contribution in [-0.4, -0.2) is 4.98 Å². The second-order valence-electron chi connectivity index (χ2n) is 4.14. The number of benzene rings is 1. The molecule has 0 radical (unpaired) electrons. The molecular weight excluding hydrogens is 275 g/mol. The number of nitrogens with zero attached hydrogens (tertiary/aromatic N) is 1. The molecule has 17 heavy (non-hydrogen) atoms. The number of halogens is 2. The molecule has 0 unspecified atom stereocenters. The van der Waals surface area contributed by atoms with Crippen molar-refractivity contribution < 1.29 is 0 Å². The lowest BCUT2D eigenvalue weighted by molar-refractivity contribution is 1.09. The van der Waals surface area contributed by atoms with Crippen LogP contribution in [0.25, 0.3) is 11.3 Å². The molecule has 1 fully saturated rings. The van der Waals surface area contributed by atoms with Crippen molar-refractivity contribution in [2.24, 2.45) is 0 Å². The summed E-state index contributed by atoms with van der Waals surface area (Å²) in [5.74, 6) is 0.595. The zero-order valence-electron chi connectivity index (χ0n) is 8.91. The number of thiazole rings is 1. The Morgan fingerprint density at radius 2 is 1.88 bits per heavy atom. The van der Waals surface area contributed by atoms with Crippen LogP contribution in [0.15, 0.2) is 18.2 Å². The molecule has 1 aromatic carbocycles. The summed E-state index contributed by atoms with van der Waals surface area (Å²) in [7, 11) is 0. The van der Waals surface area contributed by atoms with Gasteiger partial charge >= 0.3 is 0 Å². The monoisotopic (exact) mass is 284 g/mol. The summed E-state index contributed by atoms with van der Waals surface area (Å²) < 4.78 is 0. The van der Waals surface area contributed by atoms with Crippen LogP contribution in [0.1, 0.15) is 23.8 Å². The van der Waals surface area contributed by atoms with Gasteiger partial charge in [-0.3, -0.25) is 0 Å². The second-order valence-corrected chi connectivity index (χ2v) is 6.01. The van der Waals surface area contributed by atoms with Crippen molar-refractivity contribution in [1.82, 2.24) is 4.98 Å². The molecule has 2 aromatic rings. The predicted molar refractivity (Wildman–Crippen MR) is 74.0 cm³/mol. The number of nitrogen functional groups attached to an aromatic ring is 1. The highest BCUT2D eigenvalue weighted by Crippen LogP contribution is 2.47. The minimum Gasteiger partial charge on any atom is -0.389 e. The molecular formula is C12H10Cl2N2S. The lowest BCUT2D eigenvalue weighted by Gasteiger charge is -2.04. The molecule has 0 aliphatic heterocycles. The Bertz CT molecular complexity index is 556. The van der Waals surface area contributed by atoms with E-state index in [0.717, 1.165) is 16.3 Å². The number of anilines is 1. The summed E-state index contributed by atoms with van der Waals surface area (Å²) in [4.78, 5) is 4.59. The first kappa shape index (κ1) is 11.3. The van der Waals surface area contributed by atoms with Gasteiger partial charge in [0.05, 0.1) is 15.1 Å². The van der Waals surface area contributed by atoms with Gasteiger partial charge in [-0.25, -0.2) is 4.98 Å². The van der Waals surface area contributed by atoms with Crippen LogP contribution in [0.2, 0.25) is 10.0 Å². The largest absolute Gasteiger partial charge is 0.389 e. The molecule has 0 bridgehead atoms. The lowest BCUT2D eigenvalue weighted by Crippen LogP contribution is -1.88. The van der Waals surface area contributed by atoms with Crippen LogP contribution in [0.5, 0.6) is 0 Å². The van der Waals surface area contributed by atoms with E-state index in [2.05, 4.69) is 4.98 Å². The molecule has 1 aliphatic carbocycles. The molecule has 2 N–H and O–H groups in total. The third-order valence-electron chi connectivity index (χ3n) is 2.80. The molecule has 0 spiro atoms. The fourth-order valence-electron chi connectivity index (χ4n) is 1.76. The van der Waals surface area contributed by atoms with Gasteiger partial charge in [-0.05, 0) is 25.0 Å². The highest BCUT2D eigenvalue weighted by atomic mass is 35.5. The van der Waals surface area contributed by atoms with E-state index in [4.69, 9.17) is 28.9 Å². The van der Waals surface area contributed by atoms with Gasteiger partial charge in [0.1, 0.15) is 10.7 Å². The number of aromatic nitrogens is 1. The molecule has 0 atom stereocenters. The Balaban J connectivity index is 2.14. The normalized spacial score (nSPS) is 15.2. The van der Waals surface area contributed by atoms with Gasteiger partial charge in [0.25, 0.3) is 0 Å². The lowest BCUT2D eigenvalue weighted by atomic mass is 10.1. The Morgan fingerprint density at radius 3 is 2.47 bits per heavy atom. The number of nitrogens with two attached hydrogens (primary N) is 1. The van der Waals surface area contributed by atoms with Gasteiger partial charge in [-0.15, -0.1) is 11.3 Å². The first-order valence-corrected chi connectivity index (χ1v) is 6.94. The quantitative estimate of drug-likeness (QED) is 0.877. The first-order chi connectivity index (χ1) is 8.16. The smallest absolute Gasteiger partial charge is 0.114 e. The van der Waals surface area contributed by atoms with E-state index in [1.165, 1.54) is 12.8 Å². The fraction of sp³-hybridized carbons (Fsp3) is 0.250. The van der Waals surface area contributed by atoms with Crippen molar-refractivity contribution in [3.05, 3.63) is 33.3 Å². The van der Waals surface area contributed by atoms with Crippen LogP contribution in [-0.2, 0) is 0 Å². The van der Waals surface area contributed by atoms with Crippen molar-refractivity contribution in [1.29, 1.82) is 0 Å². The van der Waals surface area contributed by atoms with E-state index in [1.54, 1.807) is 23.5 Å². The molecule has 88 valence electrons. The summed E-state index contributed by atoms with van der Waals surface area (Å²) >= 11 is 13.9. The molecule has 1 aliphatic rings. The summed E-state index contributed by atoms with van der Waals surface area (Å²) in [6.45, 7) is 0. The molecule has 2 nitrogen and oxygen atoms in total. The first-order valence-electron chi connectivity index (χ1n) is 5.37. The molecule has 5 heteroatoms. The topological polar surface area (TPSA) is 38.9 Å². The van der Waals surface area contributed by atoms with Gasteiger partial charge in [0.15, 0.2) is 0 Å². The third kappa shape index (κ3) is 2.03.